The van der Waals surface area contributed by atoms with Crippen LogP contribution in [-0.2, 0) is 25.4 Å². The van der Waals surface area contributed by atoms with Crippen LogP contribution < -0.4 is 11.2 Å². The minimum Gasteiger partial charge on any atom is -0.365 e. The molecule has 7 heteroatoms. The van der Waals surface area contributed by atoms with Crippen LogP contribution in [0, 0.1) is 18.3 Å². The van der Waals surface area contributed by atoms with Gasteiger partial charge in [0.1, 0.15) is 6.10 Å². The maximum atomic E-state index is 13.4. The fourth-order valence-electron chi connectivity index (χ4n) is 4.58. The molecule has 1 unspecified atom stereocenters. The fraction of sp³-hybridized carbons (Fsp3) is 0.240. The van der Waals surface area contributed by atoms with Crippen molar-refractivity contribution in [3.05, 3.63) is 91.8 Å². The van der Waals surface area contributed by atoms with Crippen LogP contribution in [-0.4, -0.2) is 20.3 Å². The van der Waals surface area contributed by atoms with E-state index in [-0.39, 0.29) is 11.2 Å². The van der Waals surface area contributed by atoms with Crippen molar-refractivity contribution in [2.45, 2.75) is 19.6 Å². The van der Waals surface area contributed by atoms with Gasteiger partial charge in [0.05, 0.1) is 40.5 Å². The van der Waals surface area contributed by atoms with Gasteiger partial charge in [-0.3, -0.25) is 13.9 Å². The predicted molar refractivity (Wildman–Crippen MR) is 122 cm³/mol. The van der Waals surface area contributed by atoms with Crippen LogP contribution in [0.2, 0.25) is 0 Å². The highest BCUT2D eigenvalue weighted by atomic mass is 16.5. The maximum Gasteiger partial charge on any atom is 0.331 e. The van der Waals surface area contributed by atoms with Crippen LogP contribution in [0.3, 0.4) is 0 Å². The highest BCUT2D eigenvalue weighted by molar-refractivity contribution is 5.96. The smallest absolute Gasteiger partial charge is 0.331 e. The van der Waals surface area contributed by atoms with Crippen LogP contribution in [0.15, 0.2) is 58.1 Å². The third-order valence-electron chi connectivity index (χ3n) is 6.22. The molecule has 1 aliphatic rings. The van der Waals surface area contributed by atoms with E-state index < -0.39 is 6.10 Å². The van der Waals surface area contributed by atoms with Crippen molar-refractivity contribution < 1.29 is 4.74 Å². The van der Waals surface area contributed by atoms with Crippen LogP contribution in [0.25, 0.3) is 22.2 Å². The molecule has 0 bridgehead atoms. The van der Waals surface area contributed by atoms with Gasteiger partial charge in [-0.05, 0) is 30.2 Å². The number of fused-ring (bicyclic) bond motifs is 3. The average molecular weight is 426 g/mol. The minimum absolute atomic E-state index is 0.320. The molecule has 0 saturated heterocycles. The quantitative estimate of drug-likeness (QED) is 0.493. The van der Waals surface area contributed by atoms with Crippen molar-refractivity contribution in [2.24, 2.45) is 14.1 Å². The summed E-state index contributed by atoms with van der Waals surface area (Å²) >= 11 is 0. The van der Waals surface area contributed by atoms with E-state index in [9.17, 15) is 9.59 Å². The molecule has 0 radical (unpaired) electrons. The monoisotopic (exact) mass is 426 g/mol. The number of nitriles is 1. The van der Waals surface area contributed by atoms with Crippen LogP contribution in [0.1, 0.15) is 28.5 Å². The largest absolute Gasteiger partial charge is 0.365 e. The Labute approximate surface area is 184 Å². The summed E-state index contributed by atoms with van der Waals surface area (Å²) < 4.78 is 11.0. The van der Waals surface area contributed by atoms with Gasteiger partial charge in [-0.1, -0.05) is 42.0 Å². The van der Waals surface area contributed by atoms with Crippen molar-refractivity contribution >= 4 is 10.9 Å². The molecular weight excluding hydrogens is 404 g/mol. The van der Waals surface area contributed by atoms with Gasteiger partial charge < -0.3 is 9.30 Å². The van der Waals surface area contributed by atoms with Gasteiger partial charge in [-0.25, -0.2) is 4.79 Å². The lowest BCUT2D eigenvalue weighted by molar-refractivity contribution is 0.0478. The fourth-order valence-corrected chi connectivity index (χ4v) is 4.58. The molecule has 0 N–H and O–H groups in total. The third-order valence-corrected chi connectivity index (χ3v) is 6.22. The number of hydrogen-bond acceptors (Lipinski definition) is 4. The third kappa shape index (κ3) is 2.84. The normalized spacial score (nSPS) is 15.5. The van der Waals surface area contributed by atoms with Crippen molar-refractivity contribution in [1.29, 1.82) is 5.26 Å². The molecule has 7 nitrogen and oxygen atoms in total. The number of benzene rings is 2. The second-order valence-electron chi connectivity index (χ2n) is 8.17. The molecule has 5 rings (SSSR count). The number of ether oxygens (including phenoxy) is 1. The topological polar surface area (TPSA) is 81.9 Å². The van der Waals surface area contributed by atoms with Crippen LogP contribution in [0.4, 0.5) is 0 Å². The molecule has 1 aliphatic heterocycles. The zero-order valence-corrected chi connectivity index (χ0v) is 18.1. The van der Waals surface area contributed by atoms with E-state index in [4.69, 9.17) is 10.00 Å². The summed E-state index contributed by atoms with van der Waals surface area (Å²) in [7, 11) is 3.20. The molecule has 2 aromatic carbocycles. The van der Waals surface area contributed by atoms with Gasteiger partial charge in [0.2, 0.25) is 0 Å². The molecule has 0 spiro atoms. The molecule has 2 aromatic heterocycles. The first-order valence-electron chi connectivity index (χ1n) is 10.4. The van der Waals surface area contributed by atoms with E-state index in [1.165, 1.54) is 11.6 Å². The minimum atomic E-state index is -0.462. The lowest BCUT2D eigenvalue weighted by Gasteiger charge is -2.27. The average Bonchev–Trinajstić information content (AvgIpc) is 3.17. The standard InChI is InChI=1S/C25H22N4O3/c1-15-4-8-17(9-5-15)20-19-21(27(2)25(31)28(3)24(19)30)22-23(32-13-12-29(20)22)18-10-6-16(14-26)7-11-18/h4-11,23H,12-13H2,1-3H3. The summed E-state index contributed by atoms with van der Waals surface area (Å²) in [5, 5.41) is 9.66. The summed E-state index contributed by atoms with van der Waals surface area (Å²) in [6, 6.07) is 17.4. The molecule has 0 aliphatic carbocycles. The lowest BCUT2D eigenvalue weighted by Crippen LogP contribution is -2.37. The van der Waals surface area contributed by atoms with E-state index in [1.807, 2.05) is 43.3 Å². The van der Waals surface area contributed by atoms with Gasteiger partial charge in [0, 0.05) is 20.6 Å². The zero-order valence-electron chi connectivity index (χ0n) is 18.1. The SMILES string of the molecule is Cc1ccc(-c2c3c(=O)n(C)c(=O)n(C)c3c3n2CCOC3c2ccc(C#N)cc2)cc1. The number of nitrogens with zero attached hydrogens (tertiary/aromatic N) is 4. The number of aromatic nitrogens is 3. The van der Waals surface area contributed by atoms with Crippen LogP contribution >= 0.6 is 0 Å². The molecule has 3 heterocycles. The van der Waals surface area contributed by atoms with E-state index in [2.05, 4.69) is 10.6 Å². The molecular formula is C25H22N4O3. The van der Waals surface area contributed by atoms with Gasteiger partial charge in [-0.15, -0.1) is 0 Å². The molecule has 160 valence electrons. The molecule has 4 aromatic rings. The molecule has 0 saturated carbocycles. The van der Waals surface area contributed by atoms with E-state index in [1.54, 1.807) is 19.2 Å². The summed E-state index contributed by atoms with van der Waals surface area (Å²) in [4.78, 5) is 26.2. The second kappa shape index (κ2) is 7.36. The highest BCUT2D eigenvalue weighted by Crippen LogP contribution is 2.40. The molecule has 1 atom stereocenters. The van der Waals surface area contributed by atoms with E-state index >= 15 is 0 Å². The Kier molecular flexibility index (Phi) is 4.61. The van der Waals surface area contributed by atoms with Gasteiger partial charge in [0.15, 0.2) is 0 Å². The van der Waals surface area contributed by atoms with E-state index in [0.29, 0.717) is 29.6 Å². The first-order valence-corrected chi connectivity index (χ1v) is 10.4. The number of aryl methyl sites for hydroxylation is 2. The Morgan fingerprint density at radius 2 is 1.69 bits per heavy atom. The summed E-state index contributed by atoms with van der Waals surface area (Å²) in [5.41, 5.74) is 4.94. The molecule has 32 heavy (non-hydrogen) atoms. The zero-order chi connectivity index (χ0) is 22.6. The summed E-state index contributed by atoms with van der Waals surface area (Å²) in [5.74, 6) is 0. The Morgan fingerprint density at radius 1 is 1.00 bits per heavy atom. The van der Waals surface area contributed by atoms with Crippen molar-refractivity contribution in [3.8, 4) is 17.3 Å². The van der Waals surface area contributed by atoms with Gasteiger partial charge in [0.25, 0.3) is 5.56 Å². The first kappa shape index (κ1) is 20.0. The number of hydrogen-bond donors (Lipinski definition) is 0. The van der Waals surface area contributed by atoms with Crippen molar-refractivity contribution in [2.75, 3.05) is 6.61 Å². The lowest BCUT2D eigenvalue weighted by atomic mass is 10.0. The van der Waals surface area contributed by atoms with Crippen molar-refractivity contribution in [1.82, 2.24) is 13.7 Å². The Hall–Kier alpha value is -3.89. The summed E-state index contributed by atoms with van der Waals surface area (Å²) in [6.07, 6.45) is -0.462. The highest BCUT2D eigenvalue weighted by Gasteiger charge is 2.33. The Bertz CT molecular complexity index is 1510. The number of rotatable bonds is 2. The van der Waals surface area contributed by atoms with E-state index in [0.717, 1.165) is 32.6 Å². The predicted octanol–water partition coefficient (Wildman–Crippen LogP) is 3.01. The van der Waals surface area contributed by atoms with Gasteiger partial charge >= 0.3 is 5.69 Å². The second-order valence-corrected chi connectivity index (χ2v) is 8.17. The first-order chi connectivity index (χ1) is 15.4. The van der Waals surface area contributed by atoms with Crippen LogP contribution in [0.5, 0.6) is 0 Å². The van der Waals surface area contributed by atoms with Gasteiger partial charge in [-0.2, -0.15) is 5.26 Å². The summed E-state index contributed by atoms with van der Waals surface area (Å²) in [6.45, 7) is 3.05. The molecule has 0 fully saturated rings. The van der Waals surface area contributed by atoms with Crippen molar-refractivity contribution in [3.63, 3.8) is 0 Å². The Balaban J connectivity index is 1.90. The molecule has 0 amide bonds. The Morgan fingerprint density at radius 3 is 2.34 bits per heavy atom. The maximum absolute atomic E-state index is 13.4.